The zero-order valence-electron chi connectivity index (χ0n) is 8.59. The third kappa shape index (κ3) is 1.69. The van der Waals surface area contributed by atoms with Gasteiger partial charge in [0.05, 0.1) is 0 Å². The lowest BCUT2D eigenvalue weighted by Gasteiger charge is -2.09. The molecule has 0 unspecified atom stereocenters. The van der Waals surface area contributed by atoms with Crippen LogP contribution in [0.4, 0.5) is 8.78 Å². The first kappa shape index (κ1) is 10.0. The van der Waals surface area contributed by atoms with Crippen molar-refractivity contribution in [3.63, 3.8) is 0 Å². The SMILES string of the molecule is CC(C)c1cncc2cc(F)c(F)cc12. The van der Waals surface area contributed by atoms with E-state index < -0.39 is 11.6 Å². The molecule has 0 fully saturated rings. The highest BCUT2D eigenvalue weighted by molar-refractivity contribution is 5.85. The summed E-state index contributed by atoms with van der Waals surface area (Å²) in [6, 6.07) is 2.42. The molecule has 0 saturated carbocycles. The van der Waals surface area contributed by atoms with E-state index in [2.05, 4.69) is 4.98 Å². The van der Waals surface area contributed by atoms with Crippen LogP contribution in [0.15, 0.2) is 24.5 Å². The molecule has 0 bridgehead atoms. The second-order valence-electron chi connectivity index (χ2n) is 3.87. The fraction of sp³-hybridized carbons (Fsp3) is 0.250. The van der Waals surface area contributed by atoms with Gasteiger partial charge in [-0.05, 0) is 29.0 Å². The molecule has 2 aromatic rings. The van der Waals surface area contributed by atoms with E-state index in [1.165, 1.54) is 12.1 Å². The van der Waals surface area contributed by atoms with Crippen molar-refractivity contribution in [2.45, 2.75) is 19.8 Å². The van der Waals surface area contributed by atoms with Gasteiger partial charge in [-0.3, -0.25) is 4.98 Å². The summed E-state index contributed by atoms with van der Waals surface area (Å²) in [4.78, 5) is 4.02. The lowest BCUT2D eigenvalue weighted by Crippen LogP contribution is -1.93. The molecule has 0 spiro atoms. The molecule has 1 aromatic heterocycles. The summed E-state index contributed by atoms with van der Waals surface area (Å²) < 4.78 is 26.1. The number of fused-ring (bicyclic) bond motifs is 1. The Bertz CT molecular complexity index is 506. The van der Waals surface area contributed by atoms with E-state index in [1.54, 1.807) is 12.4 Å². The van der Waals surface area contributed by atoms with Gasteiger partial charge < -0.3 is 0 Å². The molecule has 0 aliphatic heterocycles. The van der Waals surface area contributed by atoms with Gasteiger partial charge in [0, 0.05) is 17.8 Å². The Morgan fingerprint density at radius 1 is 1.07 bits per heavy atom. The van der Waals surface area contributed by atoms with Gasteiger partial charge in [-0.15, -0.1) is 0 Å². The molecule has 15 heavy (non-hydrogen) atoms. The molecule has 1 aromatic carbocycles. The maximum atomic E-state index is 13.1. The number of pyridine rings is 1. The molecule has 1 heterocycles. The minimum atomic E-state index is -0.829. The maximum Gasteiger partial charge on any atom is 0.159 e. The van der Waals surface area contributed by atoms with Gasteiger partial charge in [0.2, 0.25) is 0 Å². The van der Waals surface area contributed by atoms with Crippen LogP contribution < -0.4 is 0 Å². The predicted molar refractivity (Wildman–Crippen MR) is 55.7 cm³/mol. The van der Waals surface area contributed by atoms with Crippen molar-refractivity contribution in [2.75, 3.05) is 0 Å². The number of benzene rings is 1. The number of halogens is 2. The van der Waals surface area contributed by atoms with E-state index in [0.29, 0.717) is 5.39 Å². The van der Waals surface area contributed by atoms with Crippen LogP contribution in [0.2, 0.25) is 0 Å². The van der Waals surface area contributed by atoms with Crippen LogP contribution in [-0.4, -0.2) is 4.98 Å². The maximum absolute atomic E-state index is 13.1. The van der Waals surface area contributed by atoms with Gasteiger partial charge in [-0.1, -0.05) is 13.8 Å². The molecule has 0 aliphatic rings. The topological polar surface area (TPSA) is 12.9 Å². The van der Waals surface area contributed by atoms with Crippen LogP contribution >= 0.6 is 0 Å². The molecule has 1 nitrogen and oxygen atoms in total. The van der Waals surface area contributed by atoms with Crippen molar-refractivity contribution < 1.29 is 8.78 Å². The van der Waals surface area contributed by atoms with Crippen LogP contribution in [0, 0.1) is 11.6 Å². The van der Waals surface area contributed by atoms with Crippen molar-refractivity contribution in [3.05, 3.63) is 41.7 Å². The van der Waals surface area contributed by atoms with E-state index in [-0.39, 0.29) is 5.92 Å². The minimum absolute atomic E-state index is 0.242. The van der Waals surface area contributed by atoms with Crippen molar-refractivity contribution in [3.8, 4) is 0 Å². The predicted octanol–water partition coefficient (Wildman–Crippen LogP) is 3.64. The summed E-state index contributed by atoms with van der Waals surface area (Å²) in [7, 11) is 0. The Morgan fingerprint density at radius 2 is 1.73 bits per heavy atom. The van der Waals surface area contributed by atoms with Gasteiger partial charge in [0.1, 0.15) is 0 Å². The summed E-state index contributed by atoms with van der Waals surface area (Å²) in [5.41, 5.74) is 0.936. The second kappa shape index (κ2) is 3.57. The number of hydrogen-bond acceptors (Lipinski definition) is 1. The zero-order valence-corrected chi connectivity index (χ0v) is 8.59. The van der Waals surface area contributed by atoms with E-state index in [0.717, 1.165) is 10.9 Å². The zero-order chi connectivity index (χ0) is 11.0. The van der Waals surface area contributed by atoms with Crippen LogP contribution in [0.3, 0.4) is 0 Å². The van der Waals surface area contributed by atoms with E-state index in [4.69, 9.17) is 0 Å². The summed E-state index contributed by atoms with van der Waals surface area (Å²) in [6.45, 7) is 4.00. The monoisotopic (exact) mass is 207 g/mol. The Morgan fingerprint density at radius 3 is 2.40 bits per heavy atom. The summed E-state index contributed by atoms with van der Waals surface area (Å²) in [5, 5.41) is 1.37. The van der Waals surface area contributed by atoms with E-state index in [1.807, 2.05) is 13.8 Å². The Kier molecular flexibility index (Phi) is 2.39. The minimum Gasteiger partial charge on any atom is -0.264 e. The molecular weight excluding hydrogens is 196 g/mol. The quantitative estimate of drug-likeness (QED) is 0.695. The molecule has 0 saturated heterocycles. The first-order valence-electron chi connectivity index (χ1n) is 4.82. The highest BCUT2D eigenvalue weighted by atomic mass is 19.2. The fourth-order valence-corrected chi connectivity index (χ4v) is 1.65. The molecule has 0 atom stereocenters. The van der Waals surface area contributed by atoms with Crippen molar-refractivity contribution >= 4 is 10.8 Å². The summed E-state index contributed by atoms with van der Waals surface area (Å²) in [6.07, 6.45) is 3.24. The molecule has 0 radical (unpaired) electrons. The molecule has 2 rings (SSSR count). The van der Waals surface area contributed by atoms with Crippen LogP contribution in [-0.2, 0) is 0 Å². The number of nitrogens with zero attached hydrogens (tertiary/aromatic N) is 1. The molecule has 78 valence electrons. The third-order valence-electron chi connectivity index (χ3n) is 2.45. The Balaban J connectivity index is 2.80. The van der Waals surface area contributed by atoms with E-state index >= 15 is 0 Å². The average Bonchev–Trinajstić information content (AvgIpc) is 2.18. The third-order valence-corrected chi connectivity index (χ3v) is 2.45. The van der Waals surface area contributed by atoms with Crippen LogP contribution in [0.25, 0.3) is 10.8 Å². The number of hydrogen-bond donors (Lipinski definition) is 0. The largest absolute Gasteiger partial charge is 0.264 e. The molecule has 0 N–H and O–H groups in total. The second-order valence-corrected chi connectivity index (χ2v) is 3.87. The van der Waals surface area contributed by atoms with Crippen molar-refractivity contribution in [1.82, 2.24) is 4.98 Å². The Hall–Kier alpha value is -1.51. The Labute approximate surface area is 86.8 Å². The number of aromatic nitrogens is 1. The smallest absolute Gasteiger partial charge is 0.159 e. The standard InChI is InChI=1S/C12H11F2N/c1-7(2)10-6-15-5-8-3-11(13)12(14)4-9(8)10/h3-7H,1-2H3. The molecular formula is C12H11F2N. The van der Waals surface area contributed by atoms with Gasteiger partial charge >= 0.3 is 0 Å². The van der Waals surface area contributed by atoms with Gasteiger partial charge in [-0.2, -0.15) is 0 Å². The molecule has 0 amide bonds. The average molecular weight is 207 g/mol. The highest BCUT2D eigenvalue weighted by Crippen LogP contribution is 2.25. The van der Waals surface area contributed by atoms with Crippen molar-refractivity contribution in [1.29, 1.82) is 0 Å². The lowest BCUT2D eigenvalue weighted by atomic mass is 9.99. The summed E-state index contributed by atoms with van der Waals surface area (Å²) in [5.74, 6) is -1.40. The lowest BCUT2D eigenvalue weighted by molar-refractivity contribution is 0.511. The van der Waals surface area contributed by atoms with Crippen LogP contribution in [0.1, 0.15) is 25.3 Å². The first-order chi connectivity index (χ1) is 7.09. The summed E-state index contributed by atoms with van der Waals surface area (Å²) >= 11 is 0. The number of rotatable bonds is 1. The fourth-order valence-electron chi connectivity index (χ4n) is 1.65. The normalized spacial score (nSPS) is 11.3. The molecule has 0 aliphatic carbocycles. The van der Waals surface area contributed by atoms with E-state index in [9.17, 15) is 8.78 Å². The van der Waals surface area contributed by atoms with Gasteiger partial charge in [0.15, 0.2) is 11.6 Å². The molecule has 3 heteroatoms. The van der Waals surface area contributed by atoms with Gasteiger partial charge in [-0.25, -0.2) is 8.78 Å². The highest BCUT2D eigenvalue weighted by Gasteiger charge is 2.09. The van der Waals surface area contributed by atoms with Gasteiger partial charge in [0.25, 0.3) is 0 Å². The van der Waals surface area contributed by atoms with Crippen LogP contribution in [0.5, 0.6) is 0 Å². The van der Waals surface area contributed by atoms with Crippen molar-refractivity contribution in [2.24, 2.45) is 0 Å². The first-order valence-corrected chi connectivity index (χ1v) is 4.82.